The summed E-state index contributed by atoms with van der Waals surface area (Å²) in [4.78, 5) is 24.4. The minimum absolute atomic E-state index is 0.0250. The van der Waals surface area contributed by atoms with E-state index in [4.69, 9.17) is 0 Å². The summed E-state index contributed by atoms with van der Waals surface area (Å²) in [6.45, 7) is 0. The lowest BCUT2D eigenvalue weighted by atomic mass is 10.3. The highest BCUT2D eigenvalue weighted by atomic mass is 32.1. The Morgan fingerprint density at radius 3 is 2.86 bits per heavy atom. The lowest BCUT2D eigenvalue weighted by Crippen LogP contribution is -2.03. The molecule has 0 radical (unpaired) electrons. The van der Waals surface area contributed by atoms with E-state index in [1.165, 1.54) is 13.3 Å². The van der Waals surface area contributed by atoms with Crippen LogP contribution in [0.1, 0.15) is 10.4 Å². The Kier molecular flexibility index (Phi) is 3.03. The number of esters is 1. The van der Waals surface area contributed by atoms with Gasteiger partial charge in [-0.2, -0.15) is 0 Å². The zero-order valence-corrected chi connectivity index (χ0v) is 8.02. The average molecular weight is 214 g/mol. The van der Waals surface area contributed by atoms with Crippen molar-refractivity contribution in [2.24, 2.45) is 0 Å². The molecule has 0 unspecified atom stereocenters. The number of pyridine rings is 1. The molecule has 0 amide bonds. The second kappa shape index (κ2) is 4.05. The second-order valence-corrected chi connectivity index (χ2v) is 2.74. The van der Waals surface area contributed by atoms with Gasteiger partial charge in [0.05, 0.1) is 17.6 Å². The fraction of sp³-hybridized carbons (Fsp3) is 0.143. The van der Waals surface area contributed by atoms with Crippen LogP contribution in [0.2, 0.25) is 0 Å². The summed E-state index contributed by atoms with van der Waals surface area (Å²) in [6, 6.07) is 1.07. The zero-order valence-electron chi connectivity index (χ0n) is 7.13. The van der Waals surface area contributed by atoms with Crippen molar-refractivity contribution < 1.29 is 14.5 Å². The largest absolute Gasteiger partial charge is 0.465 e. The Hall–Kier alpha value is -1.63. The predicted octanol–water partition coefficient (Wildman–Crippen LogP) is 1.07. The van der Waals surface area contributed by atoms with Crippen molar-refractivity contribution in [2.45, 2.75) is 5.03 Å². The lowest BCUT2D eigenvalue weighted by Gasteiger charge is -1.99. The maximum atomic E-state index is 11.0. The van der Waals surface area contributed by atoms with Gasteiger partial charge in [0.2, 0.25) is 0 Å². The van der Waals surface area contributed by atoms with Crippen LogP contribution in [0.25, 0.3) is 0 Å². The van der Waals surface area contributed by atoms with E-state index in [1.807, 2.05) is 0 Å². The van der Waals surface area contributed by atoms with Crippen LogP contribution < -0.4 is 0 Å². The number of thiol groups is 1. The third-order valence-electron chi connectivity index (χ3n) is 1.47. The molecule has 14 heavy (non-hydrogen) atoms. The van der Waals surface area contributed by atoms with Crippen molar-refractivity contribution in [3.63, 3.8) is 0 Å². The van der Waals surface area contributed by atoms with Crippen LogP contribution in [0.15, 0.2) is 17.3 Å². The number of nitrogens with zero attached hydrogens (tertiary/aromatic N) is 2. The fourth-order valence-corrected chi connectivity index (χ4v) is 1.01. The normalized spacial score (nSPS) is 9.57. The Morgan fingerprint density at radius 2 is 2.36 bits per heavy atom. The number of rotatable bonds is 2. The SMILES string of the molecule is COC(=O)c1cnc(S)c([N+](=O)[O-])c1. The molecule has 7 heteroatoms. The Balaban J connectivity index is 3.19. The summed E-state index contributed by atoms with van der Waals surface area (Å²) in [5.41, 5.74) is -0.298. The van der Waals surface area contributed by atoms with Gasteiger partial charge in [-0.1, -0.05) is 0 Å². The van der Waals surface area contributed by atoms with Gasteiger partial charge >= 0.3 is 11.7 Å². The van der Waals surface area contributed by atoms with E-state index in [0.29, 0.717) is 0 Å². The molecule has 0 N–H and O–H groups in total. The lowest BCUT2D eigenvalue weighted by molar-refractivity contribution is -0.388. The molecule has 0 spiro atoms. The quantitative estimate of drug-likeness (QED) is 0.344. The van der Waals surface area contributed by atoms with Crippen molar-refractivity contribution >= 4 is 24.3 Å². The monoisotopic (exact) mass is 214 g/mol. The maximum Gasteiger partial charge on any atom is 0.339 e. The molecule has 0 saturated carbocycles. The number of hydrogen-bond acceptors (Lipinski definition) is 6. The van der Waals surface area contributed by atoms with Gasteiger partial charge in [0.15, 0.2) is 5.03 Å². The van der Waals surface area contributed by atoms with Gasteiger partial charge in [0.25, 0.3) is 0 Å². The first-order chi connectivity index (χ1) is 6.56. The van der Waals surface area contributed by atoms with E-state index in [1.54, 1.807) is 0 Å². The Bertz CT molecular complexity index is 393. The Morgan fingerprint density at radius 1 is 1.71 bits per heavy atom. The van der Waals surface area contributed by atoms with Gasteiger partial charge in [-0.15, -0.1) is 12.6 Å². The van der Waals surface area contributed by atoms with Crippen molar-refractivity contribution in [3.8, 4) is 0 Å². The van der Waals surface area contributed by atoms with Gasteiger partial charge in [-0.25, -0.2) is 9.78 Å². The summed E-state index contributed by atoms with van der Waals surface area (Å²) in [6.07, 6.45) is 1.17. The number of nitro groups is 1. The molecular weight excluding hydrogens is 208 g/mol. The minimum Gasteiger partial charge on any atom is -0.465 e. The molecule has 0 aliphatic rings. The number of methoxy groups -OCH3 is 1. The summed E-state index contributed by atoms with van der Waals surface area (Å²) in [5.74, 6) is -0.672. The van der Waals surface area contributed by atoms with Crippen LogP contribution in [-0.4, -0.2) is 23.0 Å². The van der Waals surface area contributed by atoms with E-state index < -0.39 is 10.9 Å². The fourth-order valence-electron chi connectivity index (χ4n) is 0.810. The van der Waals surface area contributed by atoms with Gasteiger partial charge in [-0.3, -0.25) is 10.1 Å². The molecule has 0 aliphatic carbocycles. The van der Waals surface area contributed by atoms with Gasteiger partial charge in [0.1, 0.15) is 0 Å². The molecule has 1 rings (SSSR count). The van der Waals surface area contributed by atoms with Crippen LogP contribution in [0, 0.1) is 10.1 Å². The van der Waals surface area contributed by atoms with Crippen molar-refractivity contribution in [1.29, 1.82) is 0 Å². The number of hydrogen-bond donors (Lipinski definition) is 1. The third-order valence-corrected chi connectivity index (χ3v) is 1.81. The molecule has 0 atom stereocenters. The summed E-state index contributed by atoms with van der Waals surface area (Å²) >= 11 is 3.78. The highest BCUT2D eigenvalue weighted by Gasteiger charge is 2.16. The van der Waals surface area contributed by atoms with Crippen LogP contribution >= 0.6 is 12.6 Å². The van der Waals surface area contributed by atoms with Crippen LogP contribution in [0.5, 0.6) is 0 Å². The molecule has 74 valence electrons. The topological polar surface area (TPSA) is 82.3 Å². The number of aromatic nitrogens is 1. The molecule has 1 heterocycles. The third kappa shape index (κ3) is 1.99. The summed E-state index contributed by atoms with van der Waals surface area (Å²) in [5, 5.41) is 10.4. The molecule has 0 bridgehead atoms. The first-order valence-corrected chi connectivity index (χ1v) is 3.92. The number of ether oxygens (including phenoxy) is 1. The molecule has 6 nitrogen and oxygen atoms in total. The highest BCUT2D eigenvalue weighted by molar-refractivity contribution is 7.80. The van der Waals surface area contributed by atoms with Crippen molar-refractivity contribution in [2.75, 3.05) is 7.11 Å². The van der Waals surface area contributed by atoms with Gasteiger partial charge < -0.3 is 4.74 Å². The van der Waals surface area contributed by atoms with Crippen molar-refractivity contribution in [3.05, 3.63) is 27.9 Å². The molecular formula is C7H6N2O4S. The molecule has 0 aromatic carbocycles. The molecule has 0 aliphatic heterocycles. The predicted molar refractivity (Wildman–Crippen MR) is 49.5 cm³/mol. The minimum atomic E-state index is -0.672. The first-order valence-electron chi connectivity index (χ1n) is 3.48. The Labute approximate surface area is 84.5 Å². The zero-order chi connectivity index (χ0) is 10.7. The molecule has 0 saturated heterocycles. The van der Waals surface area contributed by atoms with Crippen molar-refractivity contribution in [1.82, 2.24) is 4.98 Å². The second-order valence-electron chi connectivity index (χ2n) is 2.32. The van der Waals surface area contributed by atoms with Crippen LogP contribution in [0.4, 0.5) is 5.69 Å². The van der Waals surface area contributed by atoms with E-state index in [0.717, 1.165) is 6.07 Å². The summed E-state index contributed by atoms with van der Waals surface area (Å²) in [7, 11) is 1.18. The van der Waals surface area contributed by atoms with E-state index in [2.05, 4.69) is 22.3 Å². The van der Waals surface area contributed by atoms with Gasteiger partial charge in [0, 0.05) is 12.3 Å². The number of carbonyl (C=O) groups is 1. The molecule has 0 fully saturated rings. The number of carbonyl (C=O) groups excluding carboxylic acids is 1. The molecule has 1 aromatic rings. The van der Waals surface area contributed by atoms with E-state index in [-0.39, 0.29) is 16.3 Å². The average Bonchev–Trinajstić information content (AvgIpc) is 2.17. The van der Waals surface area contributed by atoms with Crippen LogP contribution in [0.3, 0.4) is 0 Å². The maximum absolute atomic E-state index is 11.0. The van der Waals surface area contributed by atoms with E-state index in [9.17, 15) is 14.9 Å². The van der Waals surface area contributed by atoms with E-state index >= 15 is 0 Å². The molecule has 1 aromatic heterocycles. The first kappa shape index (κ1) is 10.5. The van der Waals surface area contributed by atoms with Crippen LogP contribution in [-0.2, 0) is 4.74 Å². The summed E-state index contributed by atoms with van der Waals surface area (Å²) < 4.78 is 4.38. The highest BCUT2D eigenvalue weighted by Crippen LogP contribution is 2.20. The smallest absolute Gasteiger partial charge is 0.339 e. The standard InChI is InChI=1S/C7H6N2O4S/c1-13-7(10)4-2-5(9(11)12)6(14)8-3-4/h2-3H,1H3,(H,8,14). The van der Waals surface area contributed by atoms with Gasteiger partial charge in [-0.05, 0) is 0 Å².